The number of likely N-dealkylation sites (tertiary alicyclic amines) is 2. The molecule has 2 fully saturated rings. The third-order valence-corrected chi connectivity index (χ3v) is 7.35. The van der Waals surface area contributed by atoms with Gasteiger partial charge in [-0.1, -0.05) is 24.3 Å². The Balaban J connectivity index is 1.37. The molecule has 2 saturated heterocycles. The zero-order valence-corrected chi connectivity index (χ0v) is 18.1. The van der Waals surface area contributed by atoms with E-state index in [1.54, 1.807) is 16.0 Å². The van der Waals surface area contributed by atoms with E-state index in [1.807, 2.05) is 52.7 Å². The van der Waals surface area contributed by atoms with E-state index in [0.29, 0.717) is 11.7 Å². The molecule has 3 aromatic rings. The molecule has 156 valence electrons. The van der Waals surface area contributed by atoms with E-state index in [2.05, 4.69) is 22.0 Å². The van der Waals surface area contributed by atoms with Crippen LogP contribution in [-0.2, 0) is 0 Å². The molecule has 7 heteroatoms. The van der Waals surface area contributed by atoms with E-state index >= 15 is 0 Å². The predicted octanol–water partition coefficient (Wildman–Crippen LogP) is 3.80. The lowest BCUT2D eigenvalue weighted by Crippen LogP contribution is -2.35. The summed E-state index contributed by atoms with van der Waals surface area (Å²) in [7, 11) is 2.20. The Morgan fingerprint density at radius 1 is 1.00 bits per heavy atom. The number of benzene rings is 1. The Bertz CT molecular complexity index is 992. The molecule has 0 aliphatic carbocycles. The third-order valence-electron chi connectivity index (χ3n) is 6.48. The van der Waals surface area contributed by atoms with Gasteiger partial charge in [0.2, 0.25) is 5.82 Å². The van der Waals surface area contributed by atoms with Crippen molar-refractivity contribution in [2.45, 2.75) is 19.3 Å². The van der Waals surface area contributed by atoms with E-state index in [1.165, 1.54) is 25.9 Å². The van der Waals surface area contributed by atoms with Crippen LogP contribution < -0.4 is 0 Å². The lowest BCUT2D eigenvalue weighted by Gasteiger charge is -2.32. The van der Waals surface area contributed by atoms with Crippen molar-refractivity contribution in [1.29, 1.82) is 0 Å². The molecule has 1 amide bonds. The fourth-order valence-electron chi connectivity index (χ4n) is 4.72. The second-order valence-electron chi connectivity index (χ2n) is 8.42. The summed E-state index contributed by atoms with van der Waals surface area (Å²) in [5.41, 5.74) is 0.915. The Labute approximate surface area is 181 Å². The molecule has 0 unspecified atom stereocenters. The lowest BCUT2D eigenvalue weighted by molar-refractivity contribution is 0.0764. The molecule has 0 radical (unpaired) electrons. The largest absolute Gasteiger partial charge is 0.336 e. The van der Waals surface area contributed by atoms with E-state index in [0.717, 1.165) is 41.8 Å². The monoisotopic (exact) mass is 421 g/mol. The topological polar surface area (TPSA) is 54.3 Å². The van der Waals surface area contributed by atoms with Crippen molar-refractivity contribution in [3.63, 3.8) is 0 Å². The molecule has 0 spiro atoms. The number of para-hydroxylation sites is 1. The normalized spacial score (nSPS) is 20.7. The number of hydrogen-bond donors (Lipinski definition) is 0. The zero-order valence-electron chi connectivity index (χ0n) is 17.3. The SMILES string of the molecule is CN1CCC([C@@H]2CCN(C(=O)c3nc(-c4cccs4)n(-c4ccccc4)n3)C2)CC1. The Morgan fingerprint density at radius 3 is 2.50 bits per heavy atom. The minimum Gasteiger partial charge on any atom is -0.336 e. The first-order valence-corrected chi connectivity index (χ1v) is 11.6. The molecular formula is C23H27N5OS. The van der Waals surface area contributed by atoms with Crippen LogP contribution in [0, 0.1) is 11.8 Å². The predicted molar refractivity (Wildman–Crippen MR) is 119 cm³/mol. The number of piperidine rings is 1. The fourth-order valence-corrected chi connectivity index (χ4v) is 5.41. The summed E-state index contributed by atoms with van der Waals surface area (Å²) < 4.78 is 1.80. The average Bonchev–Trinajstić information content (AvgIpc) is 3.54. The molecule has 0 N–H and O–H groups in total. The van der Waals surface area contributed by atoms with Crippen LogP contribution >= 0.6 is 11.3 Å². The highest BCUT2D eigenvalue weighted by molar-refractivity contribution is 7.13. The molecule has 1 aromatic carbocycles. The van der Waals surface area contributed by atoms with Crippen molar-refractivity contribution in [2.24, 2.45) is 11.8 Å². The van der Waals surface area contributed by atoms with Gasteiger partial charge in [-0.25, -0.2) is 9.67 Å². The maximum Gasteiger partial charge on any atom is 0.293 e. The number of carbonyl (C=O) groups is 1. The fraction of sp³-hybridized carbons (Fsp3) is 0.435. The number of rotatable bonds is 4. The number of carbonyl (C=O) groups excluding carboxylic acids is 1. The summed E-state index contributed by atoms with van der Waals surface area (Å²) in [5.74, 6) is 2.32. The second-order valence-corrected chi connectivity index (χ2v) is 9.37. The minimum absolute atomic E-state index is 0.0436. The van der Waals surface area contributed by atoms with Crippen molar-refractivity contribution in [2.75, 3.05) is 33.2 Å². The van der Waals surface area contributed by atoms with Gasteiger partial charge in [0, 0.05) is 13.1 Å². The molecule has 6 nitrogen and oxygen atoms in total. The second kappa shape index (κ2) is 8.32. The van der Waals surface area contributed by atoms with Crippen molar-refractivity contribution in [1.82, 2.24) is 24.6 Å². The standard InChI is InChI=1S/C23H27N5OS/c1-26-12-9-17(10-13-26)18-11-14-27(16-18)23(29)21-24-22(20-8-5-15-30-20)28(25-21)19-6-3-2-4-7-19/h2-8,15,17-18H,9-14,16H2,1H3/t18-/m1/s1. The highest BCUT2D eigenvalue weighted by Gasteiger charge is 2.35. The molecule has 5 rings (SSSR count). The lowest BCUT2D eigenvalue weighted by atomic mass is 9.84. The van der Waals surface area contributed by atoms with Crippen LogP contribution in [0.3, 0.4) is 0 Å². The van der Waals surface area contributed by atoms with Crippen LogP contribution in [-0.4, -0.2) is 63.7 Å². The quantitative estimate of drug-likeness (QED) is 0.643. The van der Waals surface area contributed by atoms with Crippen molar-refractivity contribution in [3.8, 4) is 16.4 Å². The van der Waals surface area contributed by atoms with E-state index in [4.69, 9.17) is 0 Å². The van der Waals surface area contributed by atoms with Gasteiger partial charge in [0.05, 0.1) is 10.6 Å². The molecule has 2 aliphatic heterocycles. The van der Waals surface area contributed by atoms with Crippen LogP contribution in [0.2, 0.25) is 0 Å². The molecule has 2 aliphatic rings. The van der Waals surface area contributed by atoms with Crippen molar-refractivity contribution >= 4 is 17.2 Å². The first-order valence-electron chi connectivity index (χ1n) is 10.7. The number of thiophene rings is 1. The van der Waals surface area contributed by atoms with Gasteiger partial charge in [0.25, 0.3) is 5.91 Å². The van der Waals surface area contributed by atoms with E-state index in [9.17, 15) is 4.79 Å². The summed E-state index contributed by atoms with van der Waals surface area (Å²) in [6.45, 7) is 3.98. The molecule has 1 atom stereocenters. The molecule has 30 heavy (non-hydrogen) atoms. The van der Waals surface area contributed by atoms with E-state index < -0.39 is 0 Å². The van der Waals surface area contributed by atoms with Crippen LogP contribution in [0.1, 0.15) is 29.9 Å². The van der Waals surface area contributed by atoms with Gasteiger partial charge in [-0.3, -0.25) is 4.79 Å². The van der Waals surface area contributed by atoms with Gasteiger partial charge in [-0.15, -0.1) is 16.4 Å². The summed E-state index contributed by atoms with van der Waals surface area (Å²) in [6.07, 6.45) is 3.58. The molecule has 4 heterocycles. The highest BCUT2D eigenvalue weighted by Crippen LogP contribution is 2.32. The van der Waals surface area contributed by atoms with Gasteiger partial charge >= 0.3 is 0 Å². The van der Waals surface area contributed by atoms with E-state index in [-0.39, 0.29) is 5.91 Å². The summed E-state index contributed by atoms with van der Waals surface area (Å²) in [4.78, 5) is 23.3. The number of hydrogen-bond acceptors (Lipinski definition) is 5. The van der Waals surface area contributed by atoms with Gasteiger partial charge in [-0.2, -0.15) is 0 Å². The molecule has 0 saturated carbocycles. The average molecular weight is 422 g/mol. The number of aromatic nitrogens is 3. The van der Waals surface area contributed by atoms with Gasteiger partial charge in [0.1, 0.15) is 0 Å². The zero-order chi connectivity index (χ0) is 20.5. The van der Waals surface area contributed by atoms with Crippen molar-refractivity contribution < 1.29 is 4.79 Å². The summed E-state index contributed by atoms with van der Waals surface area (Å²) >= 11 is 1.61. The Hall–Kier alpha value is -2.51. The van der Waals surface area contributed by atoms with Gasteiger partial charge < -0.3 is 9.80 Å². The number of amides is 1. The van der Waals surface area contributed by atoms with Crippen molar-refractivity contribution in [3.05, 3.63) is 53.7 Å². The molecule has 2 aromatic heterocycles. The van der Waals surface area contributed by atoms with Crippen LogP contribution in [0.25, 0.3) is 16.4 Å². The minimum atomic E-state index is -0.0436. The summed E-state index contributed by atoms with van der Waals surface area (Å²) in [5, 5.41) is 6.66. The van der Waals surface area contributed by atoms with Crippen LogP contribution in [0.15, 0.2) is 47.8 Å². The molecule has 0 bridgehead atoms. The van der Waals surface area contributed by atoms with Gasteiger partial charge in [0.15, 0.2) is 5.82 Å². The maximum atomic E-state index is 13.3. The smallest absolute Gasteiger partial charge is 0.293 e. The third kappa shape index (κ3) is 3.79. The van der Waals surface area contributed by atoms with Crippen LogP contribution in [0.5, 0.6) is 0 Å². The first kappa shape index (κ1) is 19.5. The van der Waals surface area contributed by atoms with Gasteiger partial charge in [-0.05, 0) is 74.8 Å². The Morgan fingerprint density at radius 2 is 1.77 bits per heavy atom. The molecular weight excluding hydrogens is 394 g/mol. The highest BCUT2D eigenvalue weighted by atomic mass is 32.1. The van der Waals surface area contributed by atoms with Crippen LogP contribution in [0.4, 0.5) is 0 Å². The Kier molecular flexibility index (Phi) is 5.39. The first-order chi connectivity index (χ1) is 14.7. The maximum absolute atomic E-state index is 13.3. The number of nitrogens with zero attached hydrogens (tertiary/aromatic N) is 5. The summed E-state index contributed by atoms with van der Waals surface area (Å²) in [6, 6.07) is 13.9.